The molecule has 0 aliphatic carbocycles. The van der Waals surface area contributed by atoms with E-state index in [1.807, 2.05) is 19.1 Å². The number of anilines is 1. The van der Waals surface area contributed by atoms with Gasteiger partial charge in [-0.25, -0.2) is 22.7 Å². The van der Waals surface area contributed by atoms with E-state index in [9.17, 15) is 13.2 Å². The maximum absolute atomic E-state index is 13.4. The molecule has 3 heterocycles. The lowest BCUT2D eigenvalue weighted by atomic mass is 9.86. The third-order valence-electron chi connectivity index (χ3n) is 6.42. The van der Waals surface area contributed by atoms with Crippen molar-refractivity contribution in [3.63, 3.8) is 0 Å². The Kier molecular flexibility index (Phi) is 7.94. The molecular formula is C25H27Cl2N5O4S. The van der Waals surface area contributed by atoms with Crippen LogP contribution in [0.3, 0.4) is 0 Å². The van der Waals surface area contributed by atoms with Crippen molar-refractivity contribution in [1.29, 1.82) is 0 Å². The zero-order valence-electron chi connectivity index (χ0n) is 20.5. The monoisotopic (exact) mass is 563 g/mol. The Morgan fingerprint density at radius 2 is 1.84 bits per heavy atom. The minimum atomic E-state index is -3.70. The van der Waals surface area contributed by atoms with Gasteiger partial charge in [0.2, 0.25) is 5.88 Å². The van der Waals surface area contributed by atoms with Gasteiger partial charge in [0.1, 0.15) is 6.10 Å². The quantitative estimate of drug-likeness (QED) is 0.462. The first-order valence-corrected chi connectivity index (χ1v) is 13.7. The van der Waals surface area contributed by atoms with Crippen molar-refractivity contribution < 1.29 is 17.9 Å². The number of amides is 1. The summed E-state index contributed by atoms with van der Waals surface area (Å²) in [6, 6.07) is 11.7. The highest BCUT2D eigenvalue weighted by Crippen LogP contribution is 2.38. The van der Waals surface area contributed by atoms with Gasteiger partial charge in [0.25, 0.3) is 15.9 Å². The highest BCUT2D eigenvalue weighted by molar-refractivity contribution is 7.89. The molecule has 0 saturated carbocycles. The molecule has 9 nitrogen and oxygen atoms in total. The van der Waals surface area contributed by atoms with Crippen molar-refractivity contribution in [1.82, 2.24) is 19.2 Å². The van der Waals surface area contributed by atoms with Crippen LogP contribution in [0.25, 0.3) is 0 Å². The van der Waals surface area contributed by atoms with Gasteiger partial charge in [-0.1, -0.05) is 29.3 Å². The third kappa shape index (κ3) is 5.82. The molecule has 1 saturated heterocycles. The van der Waals surface area contributed by atoms with Gasteiger partial charge in [0.15, 0.2) is 5.03 Å². The molecule has 0 bridgehead atoms. The van der Waals surface area contributed by atoms with Crippen molar-refractivity contribution in [2.75, 3.05) is 32.9 Å². The average Bonchev–Trinajstić information content (AvgIpc) is 3.32. The Bertz CT molecular complexity index is 1390. The minimum Gasteiger partial charge on any atom is -0.474 e. The van der Waals surface area contributed by atoms with E-state index in [2.05, 4.69) is 9.97 Å². The number of hydrogen-bond donors (Lipinski definition) is 1. The van der Waals surface area contributed by atoms with E-state index in [1.165, 1.54) is 38.6 Å². The second kappa shape index (κ2) is 10.8. The first-order chi connectivity index (χ1) is 17.5. The molecule has 12 heteroatoms. The summed E-state index contributed by atoms with van der Waals surface area (Å²) < 4.78 is 31.8. The molecule has 1 fully saturated rings. The molecule has 1 aliphatic heterocycles. The number of pyridine rings is 2. The summed E-state index contributed by atoms with van der Waals surface area (Å²) in [5.41, 5.74) is 7.49. The second-order valence-corrected chi connectivity index (χ2v) is 12.0. The Hall–Kier alpha value is -2.92. The van der Waals surface area contributed by atoms with Crippen LogP contribution in [-0.2, 0) is 10.0 Å². The normalized spacial score (nSPS) is 18.7. The van der Waals surface area contributed by atoms with Crippen LogP contribution in [0.5, 0.6) is 5.88 Å². The van der Waals surface area contributed by atoms with E-state index in [0.717, 1.165) is 9.87 Å². The summed E-state index contributed by atoms with van der Waals surface area (Å²) in [6.45, 7) is 2.74. The van der Waals surface area contributed by atoms with Crippen molar-refractivity contribution in [2.45, 2.75) is 24.0 Å². The number of hydrogen-bond acceptors (Lipinski definition) is 7. The Morgan fingerprint density at radius 1 is 1.08 bits per heavy atom. The summed E-state index contributed by atoms with van der Waals surface area (Å²) in [7, 11) is -0.853. The molecule has 196 valence electrons. The lowest BCUT2D eigenvalue weighted by molar-refractivity contribution is 0.0769. The number of aromatic nitrogens is 2. The van der Waals surface area contributed by atoms with Crippen LogP contribution < -0.4 is 10.5 Å². The number of sulfonamides is 1. The minimum absolute atomic E-state index is 0.0937. The van der Waals surface area contributed by atoms with Crippen LogP contribution in [0, 0.1) is 5.92 Å². The van der Waals surface area contributed by atoms with Crippen molar-refractivity contribution in [2.24, 2.45) is 5.92 Å². The summed E-state index contributed by atoms with van der Waals surface area (Å²) in [5, 5.41) is 0.750. The Morgan fingerprint density at radius 3 is 2.43 bits per heavy atom. The molecule has 0 unspecified atom stereocenters. The first kappa shape index (κ1) is 27.1. The second-order valence-electron chi connectivity index (χ2n) is 9.08. The number of ether oxygens (including phenoxy) is 1. The number of rotatable bonds is 7. The maximum atomic E-state index is 13.4. The summed E-state index contributed by atoms with van der Waals surface area (Å²) in [6.07, 6.45) is 2.51. The van der Waals surface area contributed by atoms with Crippen LogP contribution in [0.4, 0.5) is 5.69 Å². The van der Waals surface area contributed by atoms with Crippen molar-refractivity contribution in [3.8, 4) is 5.88 Å². The van der Waals surface area contributed by atoms with E-state index in [1.54, 1.807) is 23.1 Å². The highest BCUT2D eigenvalue weighted by atomic mass is 35.5. The van der Waals surface area contributed by atoms with E-state index >= 15 is 0 Å². The zero-order chi connectivity index (χ0) is 26.9. The fourth-order valence-electron chi connectivity index (χ4n) is 4.33. The van der Waals surface area contributed by atoms with Crippen LogP contribution in [0.15, 0.2) is 59.9 Å². The van der Waals surface area contributed by atoms with Gasteiger partial charge in [-0.3, -0.25) is 4.79 Å². The largest absolute Gasteiger partial charge is 0.474 e. The number of likely N-dealkylation sites (tertiary alicyclic amines) is 1. The SMILES string of the molecule is C[C@H](Oc1ccc(N)cn1)[C@H]1CN(C(=O)c2ccc(S(=O)(=O)N(C)C)nc2)C[C@@H]1c1ccc(Cl)c(Cl)c1. The molecular weight excluding hydrogens is 537 g/mol. The fourth-order valence-corrected chi connectivity index (χ4v) is 5.44. The topological polar surface area (TPSA) is 119 Å². The standard InChI is InChI=1S/C25H27Cl2N5O4S/c1-15(36-23-8-6-18(28)12-29-23)19-13-32(14-20(19)16-4-7-21(26)22(27)10-16)25(33)17-5-9-24(30-11-17)37(34,35)31(2)3/h4-12,15,19-20H,13-14,28H2,1-3H3/t15-,19+,20+/m0/s1. The molecule has 3 atom stereocenters. The number of nitrogen functional groups attached to an aromatic ring is 1. The van der Waals surface area contributed by atoms with E-state index in [-0.39, 0.29) is 28.9 Å². The molecule has 1 aromatic carbocycles. The van der Waals surface area contributed by atoms with Gasteiger partial charge in [0.05, 0.1) is 27.5 Å². The lowest BCUT2D eigenvalue weighted by Gasteiger charge is -2.25. The summed E-state index contributed by atoms with van der Waals surface area (Å²) in [4.78, 5) is 23.4. The predicted molar refractivity (Wildman–Crippen MR) is 142 cm³/mol. The molecule has 2 N–H and O–H groups in total. The number of benzene rings is 1. The van der Waals surface area contributed by atoms with Crippen LogP contribution in [0.1, 0.15) is 28.8 Å². The maximum Gasteiger partial charge on any atom is 0.260 e. The molecule has 1 amide bonds. The van der Waals surface area contributed by atoms with E-state index < -0.39 is 10.0 Å². The lowest BCUT2D eigenvalue weighted by Crippen LogP contribution is -2.32. The smallest absolute Gasteiger partial charge is 0.260 e. The fraction of sp³-hybridized carbons (Fsp3) is 0.320. The molecule has 3 aromatic rings. The number of nitrogens with zero attached hydrogens (tertiary/aromatic N) is 4. The van der Waals surface area contributed by atoms with Crippen LogP contribution >= 0.6 is 23.2 Å². The average molecular weight is 564 g/mol. The molecule has 1 aliphatic rings. The number of nitrogens with two attached hydrogens (primary N) is 1. The molecule has 4 rings (SSSR count). The Labute approximate surface area is 226 Å². The molecule has 37 heavy (non-hydrogen) atoms. The van der Waals surface area contributed by atoms with Gasteiger partial charge < -0.3 is 15.4 Å². The van der Waals surface area contributed by atoms with Gasteiger partial charge in [-0.2, -0.15) is 0 Å². The first-order valence-electron chi connectivity index (χ1n) is 11.5. The highest BCUT2D eigenvalue weighted by Gasteiger charge is 2.40. The van der Waals surface area contributed by atoms with E-state index in [0.29, 0.717) is 40.3 Å². The number of halogens is 2. The number of carbonyl (C=O) groups is 1. The van der Waals surface area contributed by atoms with Gasteiger partial charge in [0, 0.05) is 51.3 Å². The third-order valence-corrected chi connectivity index (χ3v) is 8.89. The summed E-state index contributed by atoms with van der Waals surface area (Å²) in [5.74, 6) is -0.0151. The zero-order valence-corrected chi connectivity index (χ0v) is 22.8. The van der Waals surface area contributed by atoms with Gasteiger partial charge >= 0.3 is 0 Å². The molecule has 0 radical (unpaired) electrons. The van der Waals surface area contributed by atoms with E-state index in [4.69, 9.17) is 33.7 Å². The molecule has 0 spiro atoms. The van der Waals surface area contributed by atoms with Crippen molar-refractivity contribution >= 4 is 44.8 Å². The van der Waals surface area contributed by atoms with Crippen LogP contribution in [0.2, 0.25) is 10.0 Å². The van der Waals surface area contributed by atoms with Crippen LogP contribution in [-0.4, -0.2) is 66.8 Å². The molecule has 2 aromatic heterocycles. The number of carbonyl (C=O) groups excluding carboxylic acids is 1. The predicted octanol–water partition coefficient (Wildman–Crippen LogP) is 3.94. The van der Waals surface area contributed by atoms with Crippen molar-refractivity contribution in [3.05, 3.63) is 76.0 Å². The Balaban J connectivity index is 1.60. The summed E-state index contributed by atoms with van der Waals surface area (Å²) >= 11 is 12.4. The van der Waals surface area contributed by atoms with Gasteiger partial charge in [-0.15, -0.1) is 0 Å². The van der Waals surface area contributed by atoms with Gasteiger partial charge in [-0.05, 0) is 42.8 Å².